The first-order chi connectivity index (χ1) is 24.3. The number of pyridine rings is 2. The second kappa shape index (κ2) is 14.5. The number of alkyl halides is 6. The van der Waals surface area contributed by atoms with E-state index >= 15 is 0 Å². The average molecular weight is 709 g/mol. The number of hydrogen-bond acceptors (Lipinski definition) is 8. The van der Waals surface area contributed by atoms with Gasteiger partial charge in [-0.25, -0.2) is 9.67 Å². The van der Waals surface area contributed by atoms with Crippen LogP contribution in [0.15, 0.2) is 61.2 Å². The van der Waals surface area contributed by atoms with Crippen LogP contribution in [0.2, 0.25) is 0 Å². The fourth-order valence-electron chi connectivity index (χ4n) is 6.21. The van der Waals surface area contributed by atoms with Gasteiger partial charge in [0.2, 0.25) is 0 Å². The fourth-order valence-corrected chi connectivity index (χ4v) is 6.21. The predicted octanol–water partition coefficient (Wildman–Crippen LogP) is 7.78. The summed E-state index contributed by atoms with van der Waals surface area (Å²) in [7, 11) is 1.66. The van der Waals surface area contributed by atoms with Crippen molar-refractivity contribution in [2.75, 3.05) is 25.0 Å². The largest absolute Gasteiger partial charge is 0.418 e. The van der Waals surface area contributed by atoms with Crippen molar-refractivity contribution in [3.63, 3.8) is 0 Å². The van der Waals surface area contributed by atoms with Crippen LogP contribution in [0.3, 0.4) is 0 Å². The van der Waals surface area contributed by atoms with Crippen molar-refractivity contribution in [2.24, 2.45) is 13.0 Å². The van der Waals surface area contributed by atoms with Crippen LogP contribution >= 0.6 is 0 Å². The van der Waals surface area contributed by atoms with Crippen molar-refractivity contribution in [2.45, 2.75) is 51.5 Å². The molecule has 5 aromatic rings. The summed E-state index contributed by atoms with van der Waals surface area (Å²) in [6.07, 6.45) is -2.46. The van der Waals surface area contributed by atoms with Crippen molar-refractivity contribution >= 4 is 5.82 Å². The van der Waals surface area contributed by atoms with Crippen LogP contribution in [0.1, 0.15) is 49.4 Å². The molecule has 0 aliphatic carbocycles. The molecule has 1 aliphatic heterocycles. The summed E-state index contributed by atoms with van der Waals surface area (Å²) in [6.45, 7) is 4.54. The number of piperidine rings is 1. The first kappa shape index (κ1) is 35.5. The van der Waals surface area contributed by atoms with Crippen LogP contribution in [0.25, 0.3) is 39.6 Å². The third-order valence-electron chi connectivity index (χ3n) is 8.67. The molecule has 6 rings (SSSR count). The average Bonchev–Trinajstić information content (AvgIpc) is 3.75. The van der Waals surface area contributed by atoms with E-state index in [0.717, 1.165) is 44.1 Å². The quantitative estimate of drug-likeness (QED) is 0.116. The first-order valence-electron chi connectivity index (χ1n) is 16.3. The van der Waals surface area contributed by atoms with Crippen LogP contribution < -0.4 is 5.32 Å². The standard InChI is InChI=1S/C35H34F6N10/c1-22-6-5-13-50(18-22)20-26-8-10-29(35(39,40)41)32(46-26)24-17-45-51(19-24)31-15-23(14-30(47-31)43-12-4-3-11-42)28-16-25(34(36,37)38)7-9-27(28)33-48-44-21-49(33)2/h7-10,14-17,19,21-22H,3-6,12-13,18,20H2,1-2H3,(H,43,47)/t22-/m0/s1. The van der Waals surface area contributed by atoms with Crippen molar-refractivity contribution < 1.29 is 26.3 Å². The predicted molar refractivity (Wildman–Crippen MR) is 177 cm³/mol. The van der Waals surface area contributed by atoms with E-state index in [-0.39, 0.29) is 34.9 Å². The number of halogens is 6. The van der Waals surface area contributed by atoms with Gasteiger partial charge < -0.3 is 9.88 Å². The molecule has 0 bridgehead atoms. The molecule has 0 saturated carbocycles. The van der Waals surface area contributed by atoms with E-state index in [9.17, 15) is 26.3 Å². The number of anilines is 1. The molecule has 0 radical (unpaired) electrons. The monoisotopic (exact) mass is 708 g/mol. The zero-order chi connectivity index (χ0) is 36.3. The summed E-state index contributed by atoms with van der Waals surface area (Å²) in [5.41, 5.74) is -0.697. The lowest BCUT2D eigenvalue weighted by molar-refractivity contribution is -0.138. The van der Waals surface area contributed by atoms with Gasteiger partial charge in [0.15, 0.2) is 11.6 Å². The van der Waals surface area contributed by atoms with Crippen LogP contribution in [-0.4, -0.2) is 59.0 Å². The number of unbranched alkanes of at least 4 members (excludes halogenated alkanes) is 1. The molecule has 0 spiro atoms. The molecule has 1 atom stereocenters. The SMILES string of the molecule is C[C@H]1CCCN(Cc2ccc(C(F)(F)F)c(-c3cnn(-c4cc(-c5cc(C(F)(F)F)ccc5-c5nncn5C)cc(NCCCC#N)n4)c3)n2)C1. The molecule has 5 heterocycles. The van der Waals surface area contributed by atoms with Crippen LogP contribution in [-0.2, 0) is 25.9 Å². The summed E-state index contributed by atoms with van der Waals surface area (Å²) >= 11 is 0. The van der Waals surface area contributed by atoms with Gasteiger partial charge in [0.1, 0.15) is 12.1 Å². The van der Waals surface area contributed by atoms with Gasteiger partial charge in [0.05, 0.1) is 34.8 Å². The molecule has 1 aromatic carbocycles. The number of nitrogens with zero attached hydrogens (tertiary/aromatic N) is 9. The highest BCUT2D eigenvalue weighted by Crippen LogP contribution is 2.39. The molecular weight excluding hydrogens is 674 g/mol. The minimum atomic E-state index is -4.69. The van der Waals surface area contributed by atoms with E-state index < -0.39 is 23.5 Å². The highest BCUT2D eigenvalue weighted by molar-refractivity contribution is 5.83. The lowest BCUT2D eigenvalue weighted by atomic mass is 9.96. The minimum absolute atomic E-state index is 0.0887. The highest BCUT2D eigenvalue weighted by Gasteiger charge is 2.35. The summed E-state index contributed by atoms with van der Waals surface area (Å²) in [6, 6.07) is 10.8. The normalized spacial score (nSPS) is 15.5. The maximum atomic E-state index is 14.3. The van der Waals surface area contributed by atoms with E-state index in [4.69, 9.17) is 5.26 Å². The van der Waals surface area contributed by atoms with Gasteiger partial charge in [-0.15, -0.1) is 10.2 Å². The van der Waals surface area contributed by atoms with E-state index in [0.29, 0.717) is 48.1 Å². The molecule has 1 saturated heterocycles. The van der Waals surface area contributed by atoms with Crippen molar-refractivity contribution in [3.8, 4) is 45.7 Å². The fraction of sp³-hybridized carbons (Fsp3) is 0.371. The molecule has 4 aromatic heterocycles. The van der Waals surface area contributed by atoms with Gasteiger partial charge >= 0.3 is 12.4 Å². The van der Waals surface area contributed by atoms with Gasteiger partial charge in [0.25, 0.3) is 0 Å². The lowest BCUT2D eigenvalue weighted by Crippen LogP contribution is -2.34. The molecule has 0 amide bonds. The number of aryl methyl sites for hydroxylation is 1. The maximum Gasteiger partial charge on any atom is 0.418 e. The Morgan fingerprint density at radius 3 is 2.51 bits per heavy atom. The molecule has 0 unspecified atom stereocenters. The highest BCUT2D eigenvalue weighted by atomic mass is 19.4. The smallest absolute Gasteiger partial charge is 0.370 e. The molecule has 16 heteroatoms. The Kier molecular flexibility index (Phi) is 10.1. The van der Waals surface area contributed by atoms with Crippen molar-refractivity contribution in [3.05, 3.63) is 78.0 Å². The number of likely N-dealkylation sites (tertiary alicyclic amines) is 1. The van der Waals surface area contributed by atoms with Crippen molar-refractivity contribution in [1.82, 2.24) is 39.4 Å². The molecule has 1 fully saturated rings. The van der Waals surface area contributed by atoms with Crippen LogP contribution in [0, 0.1) is 17.2 Å². The number of rotatable bonds is 10. The Morgan fingerprint density at radius 2 is 1.80 bits per heavy atom. The van der Waals surface area contributed by atoms with E-state index in [2.05, 4.69) is 48.5 Å². The topological polar surface area (TPSA) is 113 Å². The Morgan fingerprint density at radius 1 is 0.980 bits per heavy atom. The number of aromatic nitrogens is 7. The molecule has 1 aliphatic rings. The second-order valence-electron chi connectivity index (χ2n) is 12.7. The molecule has 1 N–H and O–H groups in total. The van der Waals surface area contributed by atoms with Gasteiger partial charge in [-0.1, -0.05) is 6.92 Å². The molecular formula is C35H34F6N10. The van der Waals surface area contributed by atoms with Gasteiger partial charge in [-0.3, -0.25) is 9.88 Å². The molecule has 10 nitrogen and oxygen atoms in total. The Balaban J connectivity index is 1.44. The minimum Gasteiger partial charge on any atom is -0.370 e. The molecule has 51 heavy (non-hydrogen) atoms. The van der Waals surface area contributed by atoms with Crippen LogP contribution in [0.4, 0.5) is 32.2 Å². The van der Waals surface area contributed by atoms with Crippen LogP contribution in [0.5, 0.6) is 0 Å². The Hall–Kier alpha value is -5.30. The number of nitrogens with one attached hydrogen (secondary N) is 1. The third-order valence-corrected chi connectivity index (χ3v) is 8.67. The summed E-state index contributed by atoms with van der Waals surface area (Å²) in [5.74, 6) is 1.17. The zero-order valence-electron chi connectivity index (χ0n) is 27.8. The molecule has 266 valence electrons. The maximum absolute atomic E-state index is 14.3. The summed E-state index contributed by atoms with van der Waals surface area (Å²) in [4.78, 5) is 11.2. The van der Waals surface area contributed by atoms with Gasteiger partial charge in [-0.05, 0) is 85.3 Å². The van der Waals surface area contributed by atoms with E-state index in [1.54, 1.807) is 17.7 Å². The zero-order valence-corrected chi connectivity index (χ0v) is 27.8. The number of benzene rings is 1. The first-order valence-corrected chi connectivity index (χ1v) is 16.3. The van der Waals surface area contributed by atoms with Gasteiger partial charge in [0, 0.05) is 50.4 Å². The van der Waals surface area contributed by atoms with Crippen molar-refractivity contribution in [1.29, 1.82) is 5.26 Å². The van der Waals surface area contributed by atoms with Gasteiger partial charge in [-0.2, -0.15) is 36.7 Å². The summed E-state index contributed by atoms with van der Waals surface area (Å²) < 4.78 is 87.5. The number of nitriles is 1. The van der Waals surface area contributed by atoms with E-state index in [1.807, 2.05) is 0 Å². The van der Waals surface area contributed by atoms with E-state index in [1.165, 1.54) is 41.6 Å². The lowest BCUT2D eigenvalue weighted by Gasteiger charge is -2.30. The Bertz CT molecular complexity index is 2040. The Labute approximate surface area is 289 Å². The second-order valence-corrected chi connectivity index (χ2v) is 12.7. The summed E-state index contributed by atoms with van der Waals surface area (Å²) in [5, 5.41) is 24.4. The number of hydrogen-bond donors (Lipinski definition) is 1. The third kappa shape index (κ3) is 8.20.